The zero-order valence-electron chi connectivity index (χ0n) is 31.7. The fourth-order valence-corrected chi connectivity index (χ4v) is 10.6. The van der Waals surface area contributed by atoms with E-state index in [0.717, 1.165) is 90.3 Å². The van der Waals surface area contributed by atoms with Crippen LogP contribution in [0, 0.1) is 29.1 Å². The first-order valence-corrected chi connectivity index (χ1v) is 19.8. The number of fused-ring (bicyclic) bond motifs is 1. The minimum absolute atomic E-state index is 0.106. The van der Waals surface area contributed by atoms with Crippen molar-refractivity contribution in [1.29, 1.82) is 0 Å². The Morgan fingerprint density at radius 1 is 0.925 bits per heavy atom. The molecule has 1 aromatic carbocycles. The number of aromatic nitrogens is 3. The number of allylic oxidation sites excluding steroid dienone is 1. The summed E-state index contributed by atoms with van der Waals surface area (Å²) in [6.45, 7) is 13.2. The number of hydrogen-bond donors (Lipinski definition) is 2. The van der Waals surface area contributed by atoms with E-state index in [1.807, 2.05) is 29.9 Å². The molecule has 11 heteroatoms. The van der Waals surface area contributed by atoms with Crippen LogP contribution in [0.2, 0.25) is 0 Å². The number of carbonyl (C=O) groups excluding carboxylic acids is 3. The molecule has 4 aliphatic carbocycles. The van der Waals surface area contributed by atoms with Crippen molar-refractivity contribution in [2.24, 2.45) is 34.1 Å². The van der Waals surface area contributed by atoms with Gasteiger partial charge in [-0.3, -0.25) is 24.0 Å². The third kappa shape index (κ3) is 7.41. The Hall–Kier alpha value is -4.38. The molecule has 6 aliphatic rings. The molecule has 3 aromatic rings. The van der Waals surface area contributed by atoms with E-state index in [1.54, 1.807) is 13.1 Å². The summed E-state index contributed by atoms with van der Waals surface area (Å²) >= 11 is 0. The van der Waals surface area contributed by atoms with Crippen LogP contribution in [-0.4, -0.2) is 88.9 Å². The van der Waals surface area contributed by atoms with Gasteiger partial charge >= 0.3 is 0 Å². The lowest BCUT2D eigenvalue weighted by Gasteiger charge is -2.56. The number of benzene rings is 1. The molecule has 11 nitrogen and oxygen atoms in total. The van der Waals surface area contributed by atoms with Crippen LogP contribution in [0.15, 0.2) is 53.3 Å². The van der Waals surface area contributed by atoms with Crippen molar-refractivity contribution in [2.45, 2.75) is 78.7 Å². The van der Waals surface area contributed by atoms with Crippen LogP contribution >= 0.6 is 0 Å². The Labute approximate surface area is 312 Å². The second-order valence-electron chi connectivity index (χ2n) is 17.1. The number of nitrogens with one attached hydrogen (secondary N) is 2. The molecule has 1 unspecified atom stereocenters. The summed E-state index contributed by atoms with van der Waals surface area (Å²) in [6, 6.07) is 8.21. The van der Waals surface area contributed by atoms with E-state index < -0.39 is 5.92 Å². The lowest BCUT2D eigenvalue weighted by atomic mass is 9.49. The number of pyridine rings is 1. The van der Waals surface area contributed by atoms with E-state index >= 15 is 0 Å². The molecule has 0 radical (unpaired) electrons. The van der Waals surface area contributed by atoms with Gasteiger partial charge in [0, 0.05) is 81.1 Å². The van der Waals surface area contributed by atoms with E-state index in [9.17, 15) is 14.4 Å². The highest BCUT2D eigenvalue weighted by atomic mass is 16.2. The third-order valence-corrected chi connectivity index (χ3v) is 12.7. The van der Waals surface area contributed by atoms with Gasteiger partial charge in [-0.05, 0) is 125 Å². The molecule has 1 saturated heterocycles. The van der Waals surface area contributed by atoms with Gasteiger partial charge in [0.05, 0.1) is 23.2 Å². The molecular formula is C42H54N8O3. The summed E-state index contributed by atoms with van der Waals surface area (Å²) in [5.41, 5.74) is 5.05. The Bertz CT molecular complexity index is 1920. The minimum atomic E-state index is -0.472. The maximum Gasteiger partial charge on any atom is 0.254 e. The summed E-state index contributed by atoms with van der Waals surface area (Å²) in [4.78, 5) is 53.0. The minimum Gasteiger partial charge on any atom is -0.355 e. The summed E-state index contributed by atoms with van der Waals surface area (Å²) in [5, 5.41) is 11.6. The van der Waals surface area contributed by atoms with E-state index in [0.29, 0.717) is 17.8 Å². The van der Waals surface area contributed by atoms with Gasteiger partial charge in [0.2, 0.25) is 5.91 Å². The van der Waals surface area contributed by atoms with Crippen LogP contribution in [0.1, 0.15) is 89.0 Å². The number of hydrogen-bond acceptors (Lipinski definition) is 7. The Kier molecular flexibility index (Phi) is 9.72. The van der Waals surface area contributed by atoms with Crippen LogP contribution < -0.4 is 15.5 Å². The fraction of sp³-hybridized carbons (Fsp3) is 0.571. The molecule has 1 atom stereocenters. The predicted octanol–water partition coefficient (Wildman–Crippen LogP) is 5.82. The number of rotatable bonds is 11. The van der Waals surface area contributed by atoms with E-state index in [-0.39, 0.29) is 35.7 Å². The first-order valence-electron chi connectivity index (χ1n) is 19.8. The van der Waals surface area contributed by atoms with Gasteiger partial charge in [0.15, 0.2) is 0 Å². The molecule has 53 heavy (non-hydrogen) atoms. The second-order valence-corrected chi connectivity index (χ2v) is 17.1. The van der Waals surface area contributed by atoms with Gasteiger partial charge in [-0.1, -0.05) is 5.57 Å². The van der Waals surface area contributed by atoms with Crippen molar-refractivity contribution in [3.8, 4) is 11.1 Å². The van der Waals surface area contributed by atoms with Crippen molar-refractivity contribution < 1.29 is 14.4 Å². The summed E-state index contributed by atoms with van der Waals surface area (Å²) in [7, 11) is 0. The number of piperazine rings is 1. The maximum atomic E-state index is 13.7. The van der Waals surface area contributed by atoms with Gasteiger partial charge < -0.3 is 15.5 Å². The monoisotopic (exact) mass is 718 g/mol. The Morgan fingerprint density at radius 2 is 1.64 bits per heavy atom. The first-order chi connectivity index (χ1) is 25.5. The van der Waals surface area contributed by atoms with Gasteiger partial charge in [0.25, 0.3) is 11.8 Å². The average Bonchev–Trinajstić information content (AvgIpc) is 3.55. The van der Waals surface area contributed by atoms with Gasteiger partial charge in [-0.25, -0.2) is 9.98 Å². The molecular weight excluding hydrogens is 665 g/mol. The highest BCUT2D eigenvalue weighted by Gasteiger charge is 2.51. The SMILES string of the molecule is CC1=CC(C)=NC(=O)C1CNC(=O)c1cc(-c2ccc(N3CCN(CCNC(=O)CC45CC6CC(CC(C6)C4)C5)CC3)nc2)cc2c1cnn2C(C)C. The number of dihydropyridines is 1. The predicted molar refractivity (Wildman–Crippen MR) is 208 cm³/mol. The fourth-order valence-electron chi connectivity index (χ4n) is 10.6. The second kappa shape index (κ2) is 14.5. The summed E-state index contributed by atoms with van der Waals surface area (Å²) < 4.78 is 1.93. The van der Waals surface area contributed by atoms with Crippen LogP contribution in [0.5, 0.6) is 0 Å². The van der Waals surface area contributed by atoms with E-state index in [1.165, 1.54) is 38.5 Å². The van der Waals surface area contributed by atoms with Gasteiger partial charge in [0.1, 0.15) is 5.82 Å². The highest BCUT2D eigenvalue weighted by Crippen LogP contribution is 2.61. The molecule has 2 N–H and O–H groups in total. The van der Waals surface area contributed by atoms with Gasteiger partial charge in [-0.2, -0.15) is 5.10 Å². The van der Waals surface area contributed by atoms with Crippen molar-refractivity contribution >= 4 is 40.2 Å². The zero-order valence-corrected chi connectivity index (χ0v) is 31.7. The van der Waals surface area contributed by atoms with E-state index in [4.69, 9.17) is 4.98 Å². The van der Waals surface area contributed by atoms with Crippen LogP contribution in [0.4, 0.5) is 5.82 Å². The summed E-state index contributed by atoms with van der Waals surface area (Å²) in [5.74, 6) is 2.86. The number of carbonyl (C=O) groups is 3. The Balaban J connectivity index is 0.872. The number of amides is 3. The molecule has 280 valence electrons. The molecule has 4 bridgehead atoms. The van der Waals surface area contributed by atoms with Crippen LogP contribution in [0.3, 0.4) is 0 Å². The summed E-state index contributed by atoms with van der Waals surface area (Å²) in [6.07, 6.45) is 14.3. The van der Waals surface area contributed by atoms with Crippen molar-refractivity contribution in [3.63, 3.8) is 0 Å². The van der Waals surface area contributed by atoms with Crippen molar-refractivity contribution in [3.05, 3.63) is 53.9 Å². The smallest absolute Gasteiger partial charge is 0.254 e. The molecule has 2 aromatic heterocycles. The largest absolute Gasteiger partial charge is 0.355 e. The molecule has 4 saturated carbocycles. The number of aliphatic imine (C=N–C) groups is 1. The van der Waals surface area contributed by atoms with Crippen LogP contribution in [-0.2, 0) is 9.59 Å². The number of anilines is 1. The Morgan fingerprint density at radius 3 is 2.28 bits per heavy atom. The lowest BCUT2D eigenvalue weighted by molar-refractivity contribution is -0.129. The van der Waals surface area contributed by atoms with Gasteiger partial charge in [-0.15, -0.1) is 0 Å². The lowest BCUT2D eigenvalue weighted by Crippen LogP contribution is -2.50. The zero-order chi connectivity index (χ0) is 36.9. The maximum absolute atomic E-state index is 13.7. The topological polar surface area (TPSA) is 125 Å². The third-order valence-electron chi connectivity index (χ3n) is 12.7. The quantitative estimate of drug-likeness (QED) is 0.256. The molecule has 0 spiro atoms. The number of nitrogens with zero attached hydrogens (tertiary/aromatic N) is 6. The molecule has 2 aliphatic heterocycles. The van der Waals surface area contributed by atoms with E-state index in [2.05, 4.69) is 62.6 Å². The molecule has 9 rings (SSSR count). The highest BCUT2D eigenvalue weighted by molar-refractivity contribution is 6.09. The molecule has 4 heterocycles. The van der Waals surface area contributed by atoms with Crippen LogP contribution in [0.25, 0.3) is 22.0 Å². The standard InChI is InChI=1S/C42H54N8O3/c1-26(2)50-37-18-33(17-34(36(37)25-46-50)40(52)45-24-35-27(3)13-28(4)47-41(35)53)32-5-6-38(44-23-32)49-11-9-48(10-12-49)8-7-43-39(51)22-42-19-29-14-30(20-42)16-31(15-29)21-42/h5-6,13,17-18,23,25-26,29-31,35H,7-12,14-16,19-22,24H2,1-4H3,(H,43,51)(H,45,52). The normalized spacial score (nSPS) is 27.0. The average molecular weight is 719 g/mol. The van der Waals surface area contributed by atoms with Crippen molar-refractivity contribution in [2.75, 3.05) is 50.7 Å². The molecule has 3 amide bonds. The molecule has 5 fully saturated rings. The first kappa shape index (κ1) is 35.6. The van der Waals surface area contributed by atoms with Crippen molar-refractivity contribution in [1.82, 2.24) is 30.3 Å².